The Bertz CT molecular complexity index is 4710. The number of hydrogen-bond acceptors (Lipinski definition) is 20. The summed E-state index contributed by atoms with van der Waals surface area (Å²) in [5, 5.41) is 21.8. The van der Waals surface area contributed by atoms with Crippen molar-refractivity contribution in [3.8, 4) is 56.5 Å². The molecular weight excluding hydrogens is 1510 g/mol. The summed E-state index contributed by atoms with van der Waals surface area (Å²) in [4.78, 5) is 139. The topological polar surface area (TPSA) is 362 Å². The third-order valence-corrected chi connectivity index (χ3v) is 20.9. The highest BCUT2D eigenvalue weighted by molar-refractivity contribution is 5.92. The molecule has 0 spiro atoms. The number of hydrogen-bond donors (Lipinski definition) is 9. The summed E-state index contributed by atoms with van der Waals surface area (Å²) in [6.07, 6.45) is 7.10. The molecule has 119 heavy (non-hydrogen) atoms. The molecule has 30 heteroatoms. The first kappa shape index (κ1) is 89.2. The molecule has 2 aliphatic rings. The van der Waals surface area contributed by atoms with Gasteiger partial charge in [0.05, 0.1) is 68.0 Å². The fourth-order valence-corrected chi connectivity index (χ4v) is 14.1. The number of imidazole rings is 2. The monoisotopic (exact) mass is 1630 g/mol. The highest BCUT2D eigenvalue weighted by Crippen LogP contribution is 2.32. The lowest BCUT2D eigenvalue weighted by atomic mass is 10.0. The number of fused-ring (bicyclic) bond motifs is 2. The SMILES string of the molecule is CCCN(CC(=O)N(CCC)CC(=O)N(CCC)CC(=O)N(CC(=O)O)C/C(N)=C/NCCCNC(=O)CCCOc1ccc(-c2nc3cc(-c4ccc(N5CCN(C)CC5)cc4)ccc3[nH]2)cc1)C(=O)CN(C/C(N)=C/NCCCNC(=O)CCCOc1ccc(-c2nc3cc(-c4ccc(N5CCN(C)CC5)cc4)ccc3[nH]2)cc1)C(C)=O. The normalized spacial score (nSPS) is 13.4. The zero-order valence-electron chi connectivity index (χ0n) is 69.8. The molecule has 4 heterocycles. The van der Waals surface area contributed by atoms with Crippen molar-refractivity contribution in [2.45, 2.75) is 85.5 Å². The molecule has 0 atom stereocenters. The highest BCUT2D eigenvalue weighted by atomic mass is 16.5. The Hall–Kier alpha value is -12.2. The number of aromatic amines is 2. The molecule has 30 nitrogen and oxygen atoms in total. The van der Waals surface area contributed by atoms with Crippen molar-refractivity contribution in [1.29, 1.82) is 0 Å². The summed E-state index contributed by atoms with van der Waals surface area (Å²) >= 11 is 0. The molecule has 2 saturated heterocycles. The van der Waals surface area contributed by atoms with Gasteiger partial charge in [-0.15, -0.1) is 0 Å². The van der Waals surface area contributed by atoms with E-state index >= 15 is 0 Å². The van der Waals surface area contributed by atoms with Crippen LogP contribution >= 0.6 is 0 Å². The largest absolute Gasteiger partial charge is 0.494 e. The maximum atomic E-state index is 14.1. The maximum absolute atomic E-state index is 14.1. The van der Waals surface area contributed by atoms with Gasteiger partial charge in [0.15, 0.2) is 0 Å². The smallest absolute Gasteiger partial charge is 0.323 e. The van der Waals surface area contributed by atoms with Crippen LogP contribution in [0.2, 0.25) is 0 Å². The molecular formula is C89H119N19O11. The number of carbonyl (C=O) groups excluding carboxylic acids is 7. The number of rotatable bonds is 46. The number of carbonyl (C=O) groups is 8. The number of ether oxygens (including phenoxy) is 2. The minimum atomic E-state index is -1.29. The van der Waals surface area contributed by atoms with Crippen LogP contribution in [-0.2, 0) is 38.4 Å². The van der Waals surface area contributed by atoms with E-state index in [1.807, 2.05) is 69.3 Å². The Morgan fingerprint density at radius 2 is 0.790 bits per heavy atom. The molecule has 11 N–H and O–H groups in total. The number of benzene rings is 6. The van der Waals surface area contributed by atoms with Crippen LogP contribution in [-0.4, -0.2) is 278 Å². The third-order valence-electron chi connectivity index (χ3n) is 20.9. The molecule has 8 aromatic rings. The lowest BCUT2D eigenvalue weighted by Crippen LogP contribution is -2.51. The number of piperazine rings is 2. The molecule has 0 bridgehead atoms. The zero-order chi connectivity index (χ0) is 84.6. The van der Waals surface area contributed by atoms with Gasteiger partial charge in [0.25, 0.3) is 0 Å². The fraction of sp³-hybridized carbons (Fsp3) is 0.438. The molecule has 7 amide bonds. The summed E-state index contributed by atoms with van der Waals surface area (Å²) in [5.41, 5.74) is 25.5. The molecule has 2 fully saturated rings. The first-order chi connectivity index (χ1) is 57.6. The standard InChI is InChI=1S/C89H119N19O11/c1-7-40-104(83(112)60-105(41-8-2)85(114)62-107(64(4)109)57-71(90)55-92-36-12-38-94-81(110)14-10-51-118-75-30-20-67(21-31-75)88-96-77-34-24-69(53-79(77)98-88)65-16-26-73(27-17-65)102-47-43-100(5)44-48-102)59-84(113)106(42-9-3)61-86(115)108(63-87(116)117)58-72(91)56-93-37-13-39-95-82(111)15-11-52-119-76-32-22-68(23-33-76)89-97-78-35-25-70(54-80(78)99-89)66-18-28-74(29-19-66)103-49-45-101(6)46-50-103/h16-35,53-56,92-93H,7-15,36-52,57-63,90-91H2,1-6H3,(H,94,110)(H,95,111)(H,96,98)(H,97,99)(H,116,117)/b71-55-,72-56-. The van der Waals surface area contributed by atoms with Gasteiger partial charge in [-0.25, -0.2) is 9.97 Å². The lowest BCUT2D eigenvalue weighted by molar-refractivity contribution is -0.148. The number of H-pyrrole nitrogens is 2. The molecule has 0 saturated carbocycles. The molecule has 2 aromatic heterocycles. The van der Waals surface area contributed by atoms with Gasteiger partial charge in [0, 0.05) is 164 Å². The van der Waals surface area contributed by atoms with E-state index in [1.54, 1.807) is 6.20 Å². The maximum Gasteiger partial charge on any atom is 0.323 e. The lowest BCUT2D eigenvalue weighted by Gasteiger charge is -2.34. The Balaban J connectivity index is 0.575. The summed E-state index contributed by atoms with van der Waals surface area (Å²) in [6, 6.07) is 45.5. The van der Waals surface area contributed by atoms with Crippen LogP contribution in [0.15, 0.2) is 157 Å². The van der Waals surface area contributed by atoms with Crippen LogP contribution < -0.4 is 52.0 Å². The van der Waals surface area contributed by atoms with Gasteiger partial charge >= 0.3 is 5.97 Å². The number of carboxylic acid groups (broad SMARTS) is 1. The zero-order valence-corrected chi connectivity index (χ0v) is 69.8. The van der Waals surface area contributed by atoms with Crippen molar-refractivity contribution in [2.24, 2.45) is 11.5 Å². The Labute approximate surface area is 697 Å². The van der Waals surface area contributed by atoms with E-state index in [9.17, 15) is 43.5 Å². The highest BCUT2D eigenvalue weighted by Gasteiger charge is 2.29. The van der Waals surface area contributed by atoms with E-state index in [2.05, 4.69) is 150 Å². The summed E-state index contributed by atoms with van der Waals surface area (Å²) < 4.78 is 11.9. The third kappa shape index (κ3) is 27.7. The molecule has 6 aromatic carbocycles. The van der Waals surface area contributed by atoms with E-state index in [0.717, 1.165) is 124 Å². The second-order valence-corrected chi connectivity index (χ2v) is 30.5. The van der Waals surface area contributed by atoms with Gasteiger partial charge in [0.1, 0.15) is 36.2 Å². The second kappa shape index (κ2) is 45.5. The van der Waals surface area contributed by atoms with Crippen LogP contribution in [0.5, 0.6) is 11.5 Å². The Kier molecular flexibility index (Phi) is 34.1. The van der Waals surface area contributed by atoms with Crippen LogP contribution in [0.1, 0.15) is 85.5 Å². The number of likely N-dealkylation sites (N-methyl/N-ethyl adjacent to an activating group) is 2. The van der Waals surface area contributed by atoms with Gasteiger partial charge < -0.3 is 101 Å². The molecule has 0 radical (unpaired) electrons. The predicted molar refractivity (Wildman–Crippen MR) is 466 cm³/mol. The van der Waals surface area contributed by atoms with E-state index in [4.69, 9.17) is 30.9 Å². The van der Waals surface area contributed by atoms with E-state index in [1.165, 1.54) is 44.1 Å². The van der Waals surface area contributed by atoms with Crippen LogP contribution in [0.3, 0.4) is 0 Å². The number of aliphatic carboxylic acids is 1. The van der Waals surface area contributed by atoms with E-state index in [0.29, 0.717) is 95.8 Å². The molecule has 0 unspecified atom stereocenters. The number of anilines is 2. The van der Waals surface area contributed by atoms with Gasteiger partial charge in [0.2, 0.25) is 41.4 Å². The first-order valence-electron chi connectivity index (χ1n) is 41.6. The number of nitrogens with zero attached hydrogens (tertiary/aromatic N) is 11. The number of nitrogens with two attached hydrogens (primary N) is 2. The number of amides is 7. The number of nitrogens with one attached hydrogen (secondary N) is 6. The molecule has 0 aliphatic carbocycles. The van der Waals surface area contributed by atoms with Crippen molar-refractivity contribution in [3.05, 3.63) is 157 Å². The summed E-state index contributed by atoms with van der Waals surface area (Å²) in [5.74, 6) is -1.32. The van der Waals surface area contributed by atoms with Gasteiger partial charge in [-0.05, 0) is 178 Å². The molecule has 636 valence electrons. The average molecular weight is 1630 g/mol. The van der Waals surface area contributed by atoms with Gasteiger partial charge in [-0.1, -0.05) is 57.2 Å². The van der Waals surface area contributed by atoms with E-state index in [-0.39, 0.29) is 81.9 Å². The van der Waals surface area contributed by atoms with Crippen molar-refractivity contribution >= 4 is 80.8 Å². The molecule has 2 aliphatic heterocycles. The van der Waals surface area contributed by atoms with Crippen molar-refractivity contribution in [2.75, 3.05) is 181 Å². The number of carboxylic acids is 1. The van der Waals surface area contributed by atoms with Crippen molar-refractivity contribution in [1.82, 2.24) is 75.5 Å². The predicted octanol–water partition coefficient (Wildman–Crippen LogP) is 7.90. The van der Waals surface area contributed by atoms with Crippen LogP contribution in [0.4, 0.5) is 11.4 Å². The fourth-order valence-electron chi connectivity index (χ4n) is 14.1. The van der Waals surface area contributed by atoms with Crippen LogP contribution in [0.25, 0.3) is 67.1 Å². The minimum Gasteiger partial charge on any atom is -0.494 e. The van der Waals surface area contributed by atoms with Gasteiger partial charge in [-0.2, -0.15) is 0 Å². The Morgan fingerprint density at radius 3 is 1.16 bits per heavy atom. The minimum absolute atomic E-state index is 0.0860. The average Bonchev–Trinajstić information content (AvgIpc) is 1.68. The second-order valence-electron chi connectivity index (χ2n) is 30.5. The molecule has 10 rings (SSSR count). The van der Waals surface area contributed by atoms with Crippen LogP contribution in [0, 0.1) is 0 Å². The quantitative estimate of drug-likeness (QED) is 0.0164. The summed E-state index contributed by atoms with van der Waals surface area (Å²) in [7, 11) is 4.32. The number of aromatic nitrogens is 4. The Morgan fingerprint density at radius 1 is 0.437 bits per heavy atom. The first-order valence-corrected chi connectivity index (χ1v) is 41.6. The van der Waals surface area contributed by atoms with Crippen molar-refractivity contribution in [3.63, 3.8) is 0 Å². The van der Waals surface area contributed by atoms with E-state index < -0.39 is 55.1 Å². The summed E-state index contributed by atoms with van der Waals surface area (Å²) in [6.45, 7) is 15.3. The van der Waals surface area contributed by atoms with Crippen molar-refractivity contribution < 1.29 is 52.9 Å². The van der Waals surface area contributed by atoms with Gasteiger partial charge in [-0.3, -0.25) is 38.4 Å².